The number of nitrogens with zero attached hydrogens (tertiary/aromatic N) is 4. The number of hydrogen-bond donors (Lipinski definition) is 0. The van der Waals surface area contributed by atoms with Gasteiger partial charge in [-0.05, 0) is 25.1 Å². The second-order valence-electron chi connectivity index (χ2n) is 5.55. The summed E-state index contributed by atoms with van der Waals surface area (Å²) in [7, 11) is 0. The molecule has 24 heavy (non-hydrogen) atoms. The number of aromatic nitrogens is 3. The van der Waals surface area contributed by atoms with Crippen molar-refractivity contribution < 1.29 is 13.9 Å². The summed E-state index contributed by atoms with van der Waals surface area (Å²) in [4.78, 5) is 27.0. The molecule has 3 aromatic rings. The van der Waals surface area contributed by atoms with Gasteiger partial charge in [0.15, 0.2) is 0 Å². The van der Waals surface area contributed by atoms with Crippen LogP contribution in [0.15, 0.2) is 42.9 Å². The smallest absolute Gasteiger partial charge is 0.260 e. The zero-order valence-electron chi connectivity index (χ0n) is 12.8. The van der Waals surface area contributed by atoms with E-state index in [1.165, 1.54) is 24.5 Å². The van der Waals surface area contributed by atoms with Crippen molar-refractivity contribution in [2.45, 2.75) is 13.0 Å². The number of pyridine rings is 1. The molecule has 6 nitrogen and oxygen atoms in total. The summed E-state index contributed by atoms with van der Waals surface area (Å²) in [6.07, 6.45) is 4.32. The van der Waals surface area contributed by atoms with Crippen molar-refractivity contribution >= 4 is 22.6 Å². The number of halogens is 1. The van der Waals surface area contributed by atoms with Crippen LogP contribution in [0.4, 0.5) is 10.1 Å². The molecule has 0 saturated heterocycles. The van der Waals surface area contributed by atoms with Gasteiger partial charge < -0.3 is 4.74 Å². The lowest BCUT2D eigenvalue weighted by Crippen LogP contribution is -2.42. The summed E-state index contributed by atoms with van der Waals surface area (Å²) in [6.45, 7) is 2.19. The molecule has 120 valence electrons. The van der Waals surface area contributed by atoms with Gasteiger partial charge in [-0.1, -0.05) is 0 Å². The lowest BCUT2D eigenvalue weighted by Gasteiger charge is -2.32. The molecule has 0 aliphatic carbocycles. The maximum absolute atomic E-state index is 13.9. The molecule has 1 amide bonds. The molecule has 1 aliphatic rings. The van der Waals surface area contributed by atoms with Gasteiger partial charge in [-0.2, -0.15) is 0 Å². The van der Waals surface area contributed by atoms with Crippen molar-refractivity contribution in [1.82, 2.24) is 15.0 Å². The first kappa shape index (κ1) is 14.5. The molecule has 2 aromatic heterocycles. The predicted octanol–water partition coefficient (Wildman–Crippen LogP) is 2.59. The average Bonchev–Trinajstić information content (AvgIpc) is 2.59. The lowest BCUT2D eigenvalue weighted by molar-refractivity contribution is 0.0959. The Balaban J connectivity index is 1.86. The highest BCUT2D eigenvalue weighted by molar-refractivity contribution is 6.13. The van der Waals surface area contributed by atoms with Crippen LogP contribution >= 0.6 is 0 Å². The van der Waals surface area contributed by atoms with E-state index in [1.807, 2.05) is 6.92 Å². The van der Waals surface area contributed by atoms with Gasteiger partial charge in [-0.25, -0.2) is 9.37 Å². The number of benzene rings is 1. The van der Waals surface area contributed by atoms with Crippen LogP contribution in [0.1, 0.15) is 17.3 Å². The Labute approximate surface area is 136 Å². The summed E-state index contributed by atoms with van der Waals surface area (Å²) in [6, 6.07) is 5.92. The minimum Gasteiger partial charge on any atom is -0.471 e. The Morgan fingerprint density at radius 1 is 1.25 bits per heavy atom. The third kappa shape index (κ3) is 2.34. The van der Waals surface area contributed by atoms with E-state index in [9.17, 15) is 9.18 Å². The van der Waals surface area contributed by atoms with E-state index in [4.69, 9.17) is 4.74 Å². The highest BCUT2D eigenvalue weighted by Gasteiger charge is 2.30. The van der Waals surface area contributed by atoms with E-state index < -0.39 is 5.82 Å². The normalized spacial score (nSPS) is 16.6. The molecule has 0 N–H and O–H groups in total. The molecule has 3 heterocycles. The fourth-order valence-electron chi connectivity index (χ4n) is 2.80. The lowest BCUT2D eigenvalue weighted by atomic mass is 10.1. The van der Waals surface area contributed by atoms with E-state index in [0.717, 1.165) is 0 Å². The number of fused-ring (bicyclic) bond motifs is 2. The number of carbonyl (C=O) groups is 1. The highest BCUT2D eigenvalue weighted by atomic mass is 19.1. The molecule has 0 fully saturated rings. The molecule has 1 aliphatic heterocycles. The van der Waals surface area contributed by atoms with Gasteiger partial charge in [0, 0.05) is 24.7 Å². The number of carbonyl (C=O) groups excluding carboxylic acids is 1. The van der Waals surface area contributed by atoms with Crippen LogP contribution in [0.2, 0.25) is 0 Å². The highest BCUT2D eigenvalue weighted by Crippen LogP contribution is 2.32. The van der Waals surface area contributed by atoms with Gasteiger partial charge >= 0.3 is 0 Å². The van der Waals surface area contributed by atoms with E-state index >= 15 is 0 Å². The molecule has 1 aromatic carbocycles. The predicted molar refractivity (Wildman–Crippen MR) is 85.5 cm³/mol. The number of ether oxygens (including phenoxy) is 1. The average molecular weight is 324 g/mol. The number of rotatable bonds is 1. The maximum Gasteiger partial charge on any atom is 0.260 e. The largest absolute Gasteiger partial charge is 0.471 e. The van der Waals surface area contributed by atoms with Crippen molar-refractivity contribution in [3.05, 3.63) is 54.2 Å². The number of anilines is 1. The van der Waals surface area contributed by atoms with Gasteiger partial charge in [0.1, 0.15) is 23.1 Å². The van der Waals surface area contributed by atoms with Crippen molar-refractivity contribution in [3.63, 3.8) is 0 Å². The Kier molecular flexibility index (Phi) is 3.34. The maximum atomic E-state index is 13.9. The Morgan fingerprint density at radius 3 is 2.96 bits per heavy atom. The first-order valence-corrected chi connectivity index (χ1v) is 7.47. The molecular weight excluding hydrogens is 311 g/mol. The number of amides is 1. The SMILES string of the molecule is C[C@H]1CN(C(=O)c2cc(F)cc3nccnc23)c2cccnc2O1. The second kappa shape index (κ2) is 5.52. The number of hydrogen-bond acceptors (Lipinski definition) is 5. The Bertz CT molecular complexity index is 947. The van der Waals surface area contributed by atoms with Gasteiger partial charge in [0.25, 0.3) is 5.91 Å². The summed E-state index contributed by atoms with van der Waals surface area (Å²) in [5.41, 5.74) is 1.44. The standard InChI is InChI=1S/C17H13FN4O2/c1-10-9-22(14-3-2-4-21-16(14)24-10)17(23)12-7-11(18)8-13-15(12)20-6-5-19-13/h2-8,10H,9H2,1H3/t10-/m0/s1. The Morgan fingerprint density at radius 2 is 2.08 bits per heavy atom. The van der Waals surface area contributed by atoms with E-state index in [-0.39, 0.29) is 17.6 Å². The molecule has 0 saturated carbocycles. The minimum atomic E-state index is -0.529. The van der Waals surface area contributed by atoms with Crippen LogP contribution < -0.4 is 9.64 Å². The van der Waals surface area contributed by atoms with Crippen molar-refractivity contribution in [2.75, 3.05) is 11.4 Å². The third-order valence-corrected chi connectivity index (χ3v) is 3.81. The van der Waals surface area contributed by atoms with E-state index in [1.54, 1.807) is 23.2 Å². The first-order chi connectivity index (χ1) is 11.6. The first-order valence-electron chi connectivity index (χ1n) is 7.47. The molecule has 7 heteroatoms. The fraction of sp³-hybridized carbons (Fsp3) is 0.176. The Hall–Kier alpha value is -3.09. The molecule has 0 bridgehead atoms. The van der Waals surface area contributed by atoms with Gasteiger partial charge in [0.2, 0.25) is 5.88 Å². The van der Waals surface area contributed by atoms with Crippen LogP contribution in [-0.4, -0.2) is 33.5 Å². The summed E-state index contributed by atoms with van der Waals surface area (Å²) in [5.74, 6) is -0.500. The summed E-state index contributed by atoms with van der Waals surface area (Å²) in [5, 5.41) is 0. The van der Waals surface area contributed by atoms with Gasteiger partial charge in [0.05, 0.1) is 17.6 Å². The molecule has 1 atom stereocenters. The van der Waals surface area contributed by atoms with E-state index in [2.05, 4.69) is 15.0 Å². The third-order valence-electron chi connectivity index (χ3n) is 3.81. The summed E-state index contributed by atoms with van der Waals surface area (Å²) >= 11 is 0. The minimum absolute atomic E-state index is 0.169. The second-order valence-corrected chi connectivity index (χ2v) is 5.55. The zero-order valence-corrected chi connectivity index (χ0v) is 12.8. The summed E-state index contributed by atoms with van der Waals surface area (Å²) < 4.78 is 19.6. The zero-order chi connectivity index (χ0) is 16.7. The monoisotopic (exact) mass is 324 g/mol. The van der Waals surface area contributed by atoms with Gasteiger partial charge in [-0.3, -0.25) is 19.7 Å². The quantitative estimate of drug-likeness (QED) is 0.688. The van der Waals surface area contributed by atoms with Crippen LogP contribution in [-0.2, 0) is 0 Å². The van der Waals surface area contributed by atoms with E-state index in [0.29, 0.717) is 29.1 Å². The van der Waals surface area contributed by atoms with Crippen molar-refractivity contribution in [3.8, 4) is 5.88 Å². The molecule has 0 unspecified atom stereocenters. The topological polar surface area (TPSA) is 68.2 Å². The van der Waals surface area contributed by atoms with Crippen LogP contribution in [0.25, 0.3) is 11.0 Å². The fourth-order valence-corrected chi connectivity index (χ4v) is 2.80. The van der Waals surface area contributed by atoms with Crippen molar-refractivity contribution in [2.24, 2.45) is 0 Å². The van der Waals surface area contributed by atoms with Crippen molar-refractivity contribution in [1.29, 1.82) is 0 Å². The molecule has 4 rings (SSSR count). The molecule has 0 spiro atoms. The van der Waals surface area contributed by atoms with Gasteiger partial charge in [-0.15, -0.1) is 0 Å². The van der Waals surface area contributed by atoms with Crippen LogP contribution in [0.3, 0.4) is 0 Å². The van der Waals surface area contributed by atoms with Crippen LogP contribution in [0.5, 0.6) is 5.88 Å². The van der Waals surface area contributed by atoms with Crippen LogP contribution in [0, 0.1) is 5.82 Å². The molecular formula is C17H13FN4O2. The molecule has 0 radical (unpaired) electrons.